The molecule has 0 aliphatic carbocycles. The fourth-order valence-electron chi connectivity index (χ4n) is 7.95. The molecule has 5 aromatic rings. The standard InChI is InChI=1S/C42H44F2N8O2/c1-25-8-6-14-45-37(25)35-10-5-11-36(42(4)27(3)9-7-15-50-42)52(35)17-16-46-41(54)34-22-33-38(48-24-49-39(33)51-34)28-12-13-29(26(2)18-28)23-47-40(53)30-19-31(43)21-32(44)20-30/h6-9,12-15,18-22,24,27,35-36H,5,10-11,16-17,23H2,1-4H3,(H,46,54)(H,47,53)(H,48,49,51)/t27?,35-,36+,42?/m0/s1. The molecular formula is C42H44F2N8O2. The van der Waals surface area contributed by atoms with Crippen molar-refractivity contribution in [3.63, 3.8) is 0 Å². The number of aromatic amines is 1. The van der Waals surface area contributed by atoms with E-state index in [0.29, 0.717) is 35.5 Å². The number of allylic oxidation sites excluding steroid dienone is 1. The van der Waals surface area contributed by atoms with Crippen LogP contribution in [0.1, 0.15) is 82.4 Å². The van der Waals surface area contributed by atoms with E-state index in [0.717, 1.165) is 65.4 Å². The van der Waals surface area contributed by atoms with Gasteiger partial charge in [-0.05, 0) is 93.1 Å². The third-order valence-electron chi connectivity index (χ3n) is 11.1. The normalized spacial score (nSPS) is 21.3. The molecule has 2 aliphatic heterocycles. The molecule has 4 atom stereocenters. The van der Waals surface area contributed by atoms with Gasteiger partial charge in [0, 0.05) is 66.6 Å². The Balaban J connectivity index is 1.06. The molecule has 54 heavy (non-hydrogen) atoms. The number of hydrogen-bond donors (Lipinski definition) is 3. The lowest BCUT2D eigenvalue weighted by atomic mass is 9.74. The fraction of sp³-hybridized carbons (Fsp3) is 0.333. The summed E-state index contributed by atoms with van der Waals surface area (Å²) in [4.78, 5) is 50.7. The maximum absolute atomic E-state index is 13.6. The summed E-state index contributed by atoms with van der Waals surface area (Å²) in [5.74, 6) is -2.19. The minimum absolute atomic E-state index is 0.0901. The van der Waals surface area contributed by atoms with Crippen molar-refractivity contribution in [3.8, 4) is 11.3 Å². The van der Waals surface area contributed by atoms with Crippen LogP contribution in [-0.2, 0) is 6.54 Å². The lowest BCUT2D eigenvalue weighted by Crippen LogP contribution is -2.57. The average molecular weight is 731 g/mol. The number of benzene rings is 2. The molecule has 0 saturated carbocycles. The van der Waals surface area contributed by atoms with Crippen molar-refractivity contribution < 1.29 is 18.4 Å². The molecule has 7 rings (SSSR count). The minimum atomic E-state index is -0.815. The zero-order valence-corrected chi connectivity index (χ0v) is 30.9. The number of aromatic nitrogens is 4. The van der Waals surface area contributed by atoms with Crippen molar-refractivity contribution in [2.24, 2.45) is 10.9 Å². The summed E-state index contributed by atoms with van der Waals surface area (Å²) >= 11 is 0. The molecule has 278 valence electrons. The topological polar surface area (TPSA) is 128 Å². The van der Waals surface area contributed by atoms with Gasteiger partial charge in [-0.25, -0.2) is 18.7 Å². The molecular weight excluding hydrogens is 687 g/mol. The summed E-state index contributed by atoms with van der Waals surface area (Å²) in [7, 11) is 0. The number of pyridine rings is 1. The van der Waals surface area contributed by atoms with Gasteiger partial charge >= 0.3 is 0 Å². The first-order valence-corrected chi connectivity index (χ1v) is 18.4. The highest BCUT2D eigenvalue weighted by molar-refractivity contribution is 6.00. The van der Waals surface area contributed by atoms with Crippen LogP contribution in [0, 0.1) is 31.4 Å². The summed E-state index contributed by atoms with van der Waals surface area (Å²) < 4.78 is 27.2. The van der Waals surface area contributed by atoms with E-state index in [2.05, 4.69) is 63.4 Å². The number of nitrogens with zero attached hydrogens (tertiary/aromatic N) is 5. The number of dihydropyridines is 1. The number of aliphatic imine (C=N–C) groups is 1. The Labute approximate surface area is 313 Å². The van der Waals surface area contributed by atoms with E-state index in [4.69, 9.17) is 9.98 Å². The van der Waals surface area contributed by atoms with Crippen LogP contribution in [0.15, 0.2) is 84.3 Å². The molecule has 2 unspecified atom stereocenters. The van der Waals surface area contributed by atoms with Gasteiger partial charge in [0.25, 0.3) is 11.8 Å². The Morgan fingerprint density at radius 2 is 1.78 bits per heavy atom. The molecule has 3 N–H and O–H groups in total. The van der Waals surface area contributed by atoms with Gasteiger partial charge in [-0.3, -0.25) is 24.5 Å². The van der Waals surface area contributed by atoms with E-state index in [1.165, 1.54) is 6.33 Å². The number of aryl methyl sites for hydroxylation is 2. The third-order valence-corrected chi connectivity index (χ3v) is 11.1. The molecule has 0 bridgehead atoms. The van der Waals surface area contributed by atoms with Crippen LogP contribution in [0.5, 0.6) is 0 Å². The number of rotatable bonds is 10. The molecule has 2 aliphatic rings. The second-order valence-corrected chi connectivity index (χ2v) is 14.5. The maximum atomic E-state index is 13.6. The number of piperidine rings is 1. The fourth-order valence-corrected chi connectivity index (χ4v) is 7.95. The zero-order valence-electron chi connectivity index (χ0n) is 30.9. The van der Waals surface area contributed by atoms with E-state index >= 15 is 0 Å². The van der Waals surface area contributed by atoms with E-state index in [9.17, 15) is 18.4 Å². The van der Waals surface area contributed by atoms with E-state index in [1.807, 2.05) is 49.7 Å². The number of likely N-dealkylation sites (tertiary alicyclic amines) is 1. The third kappa shape index (κ3) is 7.43. The highest BCUT2D eigenvalue weighted by atomic mass is 19.1. The molecule has 0 radical (unpaired) electrons. The summed E-state index contributed by atoms with van der Waals surface area (Å²) in [6.45, 7) is 9.73. The lowest BCUT2D eigenvalue weighted by molar-refractivity contribution is 0.0258. The molecule has 10 nitrogen and oxygen atoms in total. The second-order valence-electron chi connectivity index (χ2n) is 14.5. The summed E-state index contributed by atoms with van der Waals surface area (Å²) in [5.41, 5.74) is 5.93. The molecule has 2 aromatic carbocycles. The highest BCUT2D eigenvalue weighted by Gasteiger charge is 2.46. The summed E-state index contributed by atoms with van der Waals surface area (Å²) in [6.07, 6.45) is 12.6. The van der Waals surface area contributed by atoms with Crippen molar-refractivity contribution in [1.29, 1.82) is 0 Å². The lowest BCUT2D eigenvalue weighted by Gasteiger charge is -2.51. The molecule has 0 spiro atoms. The van der Waals surface area contributed by atoms with Crippen LogP contribution in [0.4, 0.5) is 8.78 Å². The Hall–Kier alpha value is -5.62. The molecule has 3 aromatic heterocycles. The Bertz CT molecular complexity index is 2250. The first-order chi connectivity index (χ1) is 26.0. The Kier molecular flexibility index (Phi) is 10.5. The summed E-state index contributed by atoms with van der Waals surface area (Å²) in [6, 6.07) is 14.6. The van der Waals surface area contributed by atoms with E-state index in [-0.39, 0.29) is 41.6 Å². The first-order valence-electron chi connectivity index (χ1n) is 18.4. The number of hydrogen-bond acceptors (Lipinski definition) is 7. The van der Waals surface area contributed by atoms with Crippen LogP contribution < -0.4 is 10.6 Å². The average Bonchev–Trinajstić information content (AvgIpc) is 3.60. The molecule has 5 heterocycles. The van der Waals surface area contributed by atoms with Crippen LogP contribution in [0.25, 0.3) is 22.3 Å². The SMILES string of the molecule is Cc1cc(-c2ncnc3[nH]c(C(=O)NCCN4[C@H](c5ncccc5C)CCC[C@@H]4C4(C)N=CC=CC4C)cc23)ccc1CNC(=O)c1cc(F)cc(F)c1. The number of H-pyrrole nitrogens is 1. The van der Waals surface area contributed by atoms with Crippen molar-refractivity contribution >= 4 is 29.1 Å². The maximum Gasteiger partial charge on any atom is 0.267 e. The molecule has 2 amide bonds. The largest absolute Gasteiger partial charge is 0.349 e. The highest BCUT2D eigenvalue weighted by Crippen LogP contribution is 2.43. The number of amides is 2. The van der Waals surface area contributed by atoms with Crippen molar-refractivity contribution in [3.05, 3.63) is 125 Å². The van der Waals surface area contributed by atoms with E-state index in [1.54, 1.807) is 6.07 Å². The van der Waals surface area contributed by atoms with Gasteiger partial charge in [-0.1, -0.05) is 31.2 Å². The van der Waals surface area contributed by atoms with Gasteiger partial charge in [-0.2, -0.15) is 0 Å². The van der Waals surface area contributed by atoms with Gasteiger partial charge in [0.05, 0.1) is 23.0 Å². The van der Waals surface area contributed by atoms with Gasteiger partial charge in [0.15, 0.2) is 0 Å². The van der Waals surface area contributed by atoms with Gasteiger partial charge in [-0.15, -0.1) is 0 Å². The molecule has 1 fully saturated rings. The number of carbonyl (C=O) groups excluding carboxylic acids is 2. The minimum Gasteiger partial charge on any atom is -0.349 e. The summed E-state index contributed by atoms with van der Waals surface area (Å²) in [5, 5.41) is 6.57. The van der Waals surface area contributed by atoms with Crippen LogP contribution in [0.2, 0.25) is 0 Å². The number of nitrogens with one attached hydrogen (secondary N) is 3. The van der Waals surface area contributed by atoms with Crippen LogP contribution >= 0.6 is 0 Å². The predicted octanol–water partition coefficient (Wildman–Crippen LogP) is 7.21. The van der Waals surface area contributed by atoms with Gasteiger partial charge in [0.1, 0.15) is 29.3 Å². The molecule has 12 heteroatoms. The predicted molar refractivity (Wildman–Crippen MR) is 205 cm³/mol. The monoisotopic (exact) mass is 730 g/mol. The van der Waals surface area contributed by atoms with Crippen molar-refractivity contribution in [1.82, 2.24) is 35.5 Å². The number of carbonyl (C=O) groups is 2. The number of fused-ring (bicyclic) bond motifs is 1. The Morgan fingerprint density at radius 3 is 2.54 bits per heavy atom. The Morgan fingerprint density at radius 1 is 0.963 bits per heavy atom. The van der Waals surface area contributed by atoms with E-state index < -0.39 is 17.5 Å². The van der Waals surface area contributed by atoms with Crippen LogP contribution in [0.3, 0.4) is 0 Å². The first kappa shape index (κ1) is 36.7. The zero-order chi connectivity index (χ0) is 38.0. The quantitative estimate of drug-likeness (QED) is 0.139. The van der Waals surface area contributed by atoms with Crippen molar-refractivity contribution in [2.75, 3.05) is 13.1 Å². The van der Waals surface area contributed by atoms with Gasteiger partial charge < -0.3 is 15.6 Å². The smallest absolute Gasteiger partial charge is 0.267 e. The van der Waals surface area contributed by atoms with Crippen LogP contribution in [-0.4, -0.2) is 67.5 Å². The number of halogens is 2. The van der Waals surface area contributed by atoms with Gasteiger partial charge in [0.2, 0.25) is 0 Å². The second kappa shape index (κ2) is 15.4. The molecule has 1 saturated heterocycles. The van der Waals surface area contributed by atoms with Crippen molar-refractivity contribution in [2.45, 2.75) is 71.1 Å².